The van der Waals surface area contributed by atoms with Crippen LogP contribution in [0.3, 0.4) is 0 Å². The highest BCUT2D eigenvalue weighted by Crippen LogP contribution is 2.23. The molecule has 0 aliphatic heterocycles. The molecular weight excluding hydrogens is 218 g/mol. The van der Waals surface area contributed by atoms with E-state index in [1.807, 2.05) is 10.9 Å². The van der Waals surface area contributed by atoms with E-state index < -0.39 is 0 Å². The SMILES string of the molecule is CCCn1ncc(Cl)c1C(N)CSC. The molecule has 0 fully saturated rings. The minimum atomic E-state index is -0.0217. The van der Waals surface area contributed by atoms with Crippen molar-refractivity contribution in [2.45, 2.75) is 25.9 Å². The number of nitrogens with two attached hydrogens (primary N) is 1. The zero-order valence-electron chi connectivity index (χ0n) is 8.53. The fourth-order valence-corrected chi connectivity index (χ4v) is 2.19. The molecule has 1 aromatic rings. The second kappa shape index (κ2) is 5.63. The van der Waals surface area contributed by atoms with Gasteiger partial charge >= 0.3 is 0 Å². The summed E-state index contributed by atoms with van der Waals surface area (Å²) in [4.78, 5) is 0. The topological polar surface area (TPSA) is 43.8 Å². The number of rotatable bonds is 5. The molecule has 0 spiro atoms. The van der Waals surface area contributed by atoms with Crippen LogP contribution in [0.5, 0.6) is 0 Å². The van der Waals surface area contributed by atoms with Gasteiger partial charge in [0, 0.05) is 12.3 Å². The van der Waals surface area contributed by atoms with Gasteiger partial charge in [-0.2, -0.15) is 16.9 Å². The van der Waals surface area contributed by atoms with Crippen LogP contribution in [0.25, 0.3) is 0 Å². The molecule has 0 bridgehead atoms. The fraction of sp³-hybridized carbons (Fsp3) is 0.667. The van der Waals surface area contributed by atoms with Gasteiger partial charge in [0.2, 0.25) is 0 Å². The number of nitrogens with zero attached hydrogens (tertiary/aromatic N) is 2. The van der Waals surface area contributed by atoms with Gasteiger partial charge in [0.1, 0.15) is 0 Å². The number of hydrogen-bond acceptors (Lipinski definition) is 3. The number of aryl methyl sites for hydroxylation is 1. The Bertz CT molecular complexity index is 288. The highest BCUT2D eigenvalue weighted by Gasteiger charge is 2.15. The molecule has 5 heteroatoms. The maximum absolute atomic E-state index is 6.04. The van der Waals surface area contributed by atoms with Crippen LogP contribution in [-0.4, -0.2) is 21.8 Å². The van der Waals surface area contributed by atoms with E-state index in [0.717, 1.165) is 24.4 Å². The Hall–Kier alpha value is -0.190. The first-order chi connectivity index (χ1) is 6.70. The zero-order valence-corrected chi connectivity index (χ0v) is 10.1. The van der Waals surface area contributed by atoms with Crippen molar-refractivity contribution < 1.29 is 0 Å². The van der Waals surface area contributed by atoms with Crippen LogP contribution < -0.4 is 5.73 Å². The Kier molecular flexibility index (Phi) is 4.78. The van der Waals surface area contributed by atoms with Gasteiger partial charge in [-0.05, 0) is 12.7 Å². The summed E-state index contributed by atoms with van der Waals surface area (Å²) in [5.74, 6) is 0.870. The molecule has 0 saturated heterocycles. The third-order valence-corrected chi connectivity index (χ3v) is 2.95. The molecule has 0 aliphatic rings. The van der Waals surface area contributed by atoms with Crippen molar-refractivity contribution in [1.82, 2.24) is 9.78 Å². The van der Waals surface area contributed by atoms with E-state index in [4.69, 9.17) is 17.3 Å². The van der Waals surface area contributed by atoms with E-state index >= 15 is 0 Å². The van der Waals surface area contributed by atoms with Crippen molar-refractivity contribution in [3.63, 3.8) is 0 Å². The van der Waals surface area contributed by atoms with Crippen molar-refractivity contribution in [3.8, 4) is 0 Å². The molecule has 0 aromatic carbocycles. The Morgan fingerprint density at radius 1 is 1.71 bits per heavy atom. The molecule has 1 unspecified atom stereocenters. The predicted molar refractivity (Wildman–Crippen MR) is 62.8 cm³/mol. The highest BCUT2D eigenvalue weighted by atomic mass is 35.5. The van der Waals surface area contributed by atoms with Crippen molar-refractivity contribution in [1.29, 1.82) is 0 Å². The molecule has 0 aliphatic carbocycles. The lowest BCUT2D eigenvalue weighted by Gasteiger charge is -2.13. The number of hydrogen-bond donors (Lipinski definition) is 1. The number of halogens is 1. The molecule has 1 aromatic heterocycles. The van der Waals surface area contributed by atoms with Crippen LogP contribution in [0.2, 0.25) is 5.02 Å². The Morgan fingerprint density at radius 2 is 2.43 bits per heavy atom. The molecule has 14 heavy (non-hydrogen) atoms. The van der Waals surface area contributed by atoms with Crippen molar-refractivity contribution in [2.75, 3.05) is 12.0 Å². The van der Waals surface area contributed by atoms with Gasteiger partial charge < -0.3 is 5.73 Å². The van der Waals surface area contributed by atoms with Crippen LogP contribution in [0.1, 0.15) is 25.1 Å². The summed E-state index contributed by atoms with van der Waals surface area (Å²) in [5, 5.41) is 4.88. The molecule has 0 amide bonds. The van der Waals surface area contributed by atoms with Gasteiger partial charge in [-0.3, -0.25) is 4.68 Å². The standard InChI is InChI=1S/C9H16ClN3S/c1-3-4-13-9(7(10)5-12-13)8(11)6-14-2/h5,8H,3-4,6,11H2,1-2H3. The summed E-state index contributed by atoms with van der Waals surface area (Å²) in [6.07, 6.45) is 4.75. The van der Waals surface area contributed by atoms with E-state index in [-0.39, 0.29) is 6.04 Å². The van der Waals surface area contributed by atoms with Crippen LogP contribution in [0.15, 0.2) is 6.20 Å². The lowest BCUT2D eigenvalue weighted by atomic mass is 10.2. The van der Waals surface area contributed by atoms with Crippen LogP contribution in [-0.2, 0) is 6.54 Å². The number of aromatic nitrogens is 2. The Labute approximate surface area is 94.0 Å². The second-order valence-electron chi connectivity index (χ2n) is 3.16. The van der Waals surface area contributed by atoms with Gasteiger partial charge in [0.05, 0.1) is 23.0 Å². The Morgan fingerprint density at radius 3 is 3.00 bits per heavy atom. The Balaban J connectivity index is 2.86. The third-order valence-electron chi connectivity index (χ3n) is 1.97. The summed E-state index contributed by atoms with van der Waals surface area (Å²) in [7, 11) is 0. The first kappa shape index (κ1) is 11.9. The average Bonchev–Trinajstić information content (AvgIpc) is 2.48. The van der Waals surface area contributed by atoms with E-state index in [1.54, 1.807) is 18.0 Å². The summed E-state index contributed by atoms with van der Waals surface area (Å²) < 4.78 is 1.91. The summed E-state index contributed by atoms with van der Waals surface area (Å²) in [5.41, 5.74) is 6.98. The lowest BCUT2D eigenvalue weighted by molar-refractivity contribution is 0.554. The van der Waals surface area contributed by atoms with Gasteiger partial charge in [-0.25, -0.2) is 0 Å². The van der Waals surface area contributed by atoms with Crippen molar-refractivity contribution in [2.24, 2.45) is 5.73 Å². The second-order valence-corrected chi connectivity index (χ2v) is 4.48. The maximum Gasteiger partial charge on any atom is 0.0834 e. The summed E-state index contributed by atoms with van der Waals surface area (Å²) in [6, 6.07) is -0.0217. The first-order valence-electron chi connectivity index (χ1n) is 4.66. The molecule has 0 saturated carbocycles. The highest BCUT2D eigenvalue weighted by molar-refractivity contribution is 7.98. The quantitative estimate of drug-likeness (QED) is 0.849. The van der Waals surface area contributed by atoms with Gasteiger partial charge in [0.15, 0.2) is 0 Å². The van der Waals surface area contributed by atoms with E-state index in [0.29, 0.717) is 5.02 Å². The molecule has 1 rings (SSSR count). The zero-order chi connectivity index (χ0) is 10.6. The average molecular weight is 234 g/mol. The van der Waals surface area contributed by atoms with E-state index in [9.17, 15) is 0 Å². The van der Waals surface area contributed by atoms with Gasteiger partial charge in [0.25, 0.3) is 0 Å². The van der Waals surface area contributed by atoms with Crippen molar-refractivity contribution in [3.05, 3.63) is 16.9 Å². The minimum Gasteiger partial charge on any atom is -0.322 e. The molecule has 0 radical (unpaired) electrons. The summed E-state index contributed by atoms with van der Waals surface area (Å²) in [6.45, 7) is 2.99. The predicted octanol–water partition coefficient (Wildman–Crippen LogP) is 2.31. The molecule has 1 atom stereocenters. The van der Waals surface area contributed by atoms with Gasteiger partial charge in [-0.15, -0.1) is 0 Å². The largest absolute Gasteiger partial charge is 0.322 e. The third kappa shape index (κ3) is 2.65. The molecular formula is C9H16ClN3S. The molecule has 1 heterocycles. The molecule has 2 N–H and O–H groups in total. The van der Waals surface area contributed by atoms with E-state index in [1.165, 1.54) is 0 Å². The van der Waals surface area contributed by atoms with Gasteiger partial charge in [-0.1, -0.05) is 18.5 Å². The molecule has 80 valence electrons. The van der Waals surface area contributed by atoms with E-state index in [2.05, 4.69) is 12.0 Å². The van der Waals surface area contributed by atoms with Crippen LogP contribution in [0.4, 0.5) is 0 Å². The normalized spacial score (nSPS) is 13.1. The first-order valence-corrected chi connectivity index (χ1v) is 6.43. The minimum absolute atomic E-state index is 0.0217. The van der Waals surface area contributed by atoms with Crippen LogP contribution >= 0.6 is 23.4 Å². The smallest absolute Gasteiger partial charge is 0.0834 e. The summed E-state index contributed by atoms with van der Waals surface area (Å²) >= 11 is 7.76. The van der Waals surface area contributed by atoms with Crippen LogP contribution in [0, 0.1) is 0 Å². The number of thioether (sulfide) groups is 1. The monoisotopic (exact) mass is 233 g/mol. The lowest BCUT2D eigenvalue weighted by Crippen LogP contribution is -2.18. The molecule has 3 nitrogen and oxygen atoms in total. The maximum atomic E-state index is 6.04. The fourth-order valence-electron chi connectivity index (χ4n) is 1.39. The van der Waals surface area contributed by atoms with Crippen molar-refractivity contribution >= 4 is 23.4 Å².